The summed E-state index contributed by atoms with van der Waals surface area (Å²) in [5, 5.41) is 0. The number of esters is 1. The first-order valence-corrected chi connectivity index (χ1v) is 9.12. The molecule has 0 unspecified atom stereocenters. The van der Waals surface area contributed by atoms with Gasteiger partial charge in [-0.2, -0.15) is 0 Å². The lowest BCUT2D eigenvalue weighted by atomic mass is 9.79. The standard InChI is InChI=1S/C20H24N2O3/c1-3-11-21-17-10-6-5-9-15(17)20(19(21)24)16(18(23)25-4-2)13-14-8-7-12-22(14)20/h3,5-6,9-10,14,16H,1,4,7-8,11-13H2,2H3/t14-,16+,20+/m1/s1. The van der Waals surface area contributed by atoms with Gasteiger partial charge < -0.3 is 9.64 Å². The Labute approximate surface area is 148 Å². The van der Waals surface area contributed by atoms with Crippen molar-refractivity contribution < 1.29 is 14.3 Å². The molecule has 5 heteroatoms. The molecule has 0 aliphatic carbocycles. The van der Waals surface area contributed by atoms with Crippen LogP contribution in [-0.4, -0.2) is 42.5 Å². The number of para-hydroxylation sites is 1. The Balaban J connectivity index is 1.90. The Morgan fingerprint density at radius 1 is 1.44 bits per heavy atom. The lowest BCUT2D eigenvalue weighted by molar-refractivity contribution is -0.155. The van der Waals surface area contributed by atoms with Gasteiger partial charge in [0.25, 0.3) is 5.91 Å². The van der Waals surface area contributed by atoms with Gasteiger partial charge in [0, 0.05) is 23.8 Å². The Morgan fingerprint density at radius 2 is 2.24 bits per heavy atom. The summed E-state index contributed by atoms with van der Waals surface area (Å²) in [5.41, 5.74) is 0.936. The molecule has 3 heterocycles. The minimum Gasteiger partial charge on any atom is -0.466 e. The van der Waals surface area contributed by atoms with Gasteiger partial charge in [-0.05, 0) is 38.8 Å². The Kier molecular flexibility index (Phi) is 3.91. The molecule has 0 radical (unpaired) electrons. The zero-order chi connectivity index (χ0) is 17.6. The summed E-state index contributed by atoms with van der Waals surface area (Å²) < 4.78 is 5.38. The van der Waals surface area contributed by atoms with E-state index in [9.17, 15) is 9.59 Å². The van der Waals surface area contributed by atoms with Crippen molar-refractivity contribution >= 4 is 17.6 Å². The topological polar surface area (TPSA) is 49.9 Å². The third kappa shape index (κ3) is 2.05. The molecule has 0 saturated carbocycles. The average molecular weight is 340 g/mol. The highest BCUT2D eigenvalue weighted by atomic mass is 16.5. The summed E-state index contributed by atoms with van der Waals surface area (Å²) in [7, 11) is 0. The van der Waals surface area contributed by atoms with Gasteiger partial charge in [-0.25, -0.2) is 0 Å². The third-order valence-corrected chi connectivity index (χ3v) is 5.90. The van der Waals surface area contributed by atoms with Crippen LogP contribution in [0.1, 0.15) is 31.7 Å². The van der Waals surface area contributed by atoms with Crippen molar-refractivity contribution in [3.8, 4) is 0 Å². The van der Waals surface area contributed by atoms with Crippen molar-refractivity contribution in [2.75, 3.05) is 24.6 Å². The van der Waals surface area contributed by atoms with Crippen molar-refractivity contribution in [2.45, 2.75) is 37.8 Å². The molecule has 0 aromatic heterocycles. The summed E-state index contributed by atoms with van der Waals surface area (Å²) in [5.74, 6) is -0.697. The van der Waals surface area contributed by atoms with Crippen LogP contribution in [0.15, 0.2) is 36.9 Å². The van der Waals surface area contributed by atoms with Crippen LogP contribution in [0.5, 0.6) is 0 Å². The molecule has 1 amide bonds. The fourth-order valence-corrected chi connectivity index (χ4v) is 5.08. The third-order valence-electron chi connectivity index (χ3n) is 5.90. The van der Waals surface area contributed by atoms with Crippen molar-refractivity contribution in [1.29, 1.82) is 0 Å². The highest BCUT2D eigenvalue weighted by molar-refractivity contribution is 6.10. The lowest BCUT2D eigenvalue weighted by Gasteiger charge is -2.36. The van der Waals surface area contributed by atoms with Gasteiger partial charge in [-0.1, -0.05) is 24.3 Å². The van der Waals surface area contributed by atoms with E-state index in [2.05, 4.69) is 11.5 Å². The molecule has 5 nitrogen and oxygen atoms in total. The number of hydrogen-bond acceptors (Lipinski definition) is 4. The number of ether oxygens (including phenoxy) is 1. The van der Waals surface area contributed by atoms with Crippen molar-refractivity contribution in [3.05, 3.63) is 42.5 Å². The average Bonchev–Trinajstić information content (AvgIpc) is 3.25. The molecule has 3 aliphatic heterocycles. The number of fused-ring (bicyclic) bond motifs is 4. The predicted molar refractivity (Wildman–Crippen MR) is 95.1 cm³/mol. The van der Waals surface area contributed by atoms with Crippen LogP contribution < -0.4 is 4.90 Å². The molecule has 0 bridgehead atoms. The molecule has 3 atom stereocenters. The van der Waals surface area contributed by atoms with Crippen LogP contribution in [0.25, 0.3) is 0 Å². The SMILES string of the molecule is C=CCN1C(=O)[C@]2(c3ccccc31)[C@H](C(=O)OCC)C[C@H]1CCCN12. The lowest BCUT2D eigenvalue weighted by Crippen LogP contribution is -2.55. The number of carbonyl (C=O) groups is 2. The zero-order valence-electron chi connectivity index (χ0n) is 14.6. The van der Waals surface area contributed by atoms with Gasteiger partial charge in [0.1, 0.15) is 5.54 Å². The minimum atomic E-state index is -0.910. The number of nitrogens with zero attached hydrogens (tertiary/aromatic N) is 2. The van der Waals surface area contributed by atoms with Crippen LogP contribution in [0, 0.1) is 5.92 Å². The van der Waals surface area contributed by atoms with E-state index >= 15 is 0 Å². The predicted octanol–water partition coefficient (Wildman–Crippen LogP) is 2.46. The van der Waals surface area contributed by atoms with E-state index in [1.807, 2.05) is 31.2 Å². The zero-order valence-corrected chi connectivity index (χ0v) is 14.6. The maximum Gasteiger partial charge on any atom is 0.311 e. The molecule has 0 N–H and O–H groups in total. The monoisotopic (exact) mass is 340 g/mol. The van der Waals surface area contributed by atoms with Gasteiger partial charge in [0.05, 0.1) is 12.5 Å². The van der Waals surface area contributed by atoms with Crippen molar-refractivity contribution in [3.63, 3.8) is 0 Å². The van der Waals surface area contributed by atoms with E-state index < -0.39 is 11.5 Å². The van der Waals surface area contributed by atoms with Gasteiger partial charge in [0.2, 0.25) is 0 Å². The normalized spacial score (nSPS) is 30.6. The second kappa shape index (κ2) is 5.99. The first-order chi connectivity index (χ1) is 12.2. The summed E-state index contributed by atoms with van der Waals surface area (Å²) >= 11 is 0. The number of amides is 1. The first-order valence-electron chi connectivity index (χ1n) is 9.12. The fraction of sp³-hybridized carbons (Fsp3) is 0.500. The Hall–Kier alpha value is -2.14. The van der Waals surface area contributed by atoms with Crippen LogP contribution in [-0.2, 0) is 19.9 Å². The quantitative estimate of drug-likeness (QED) is 0.624. The van der Waals surface area contributed by atoms with E-state index in [1.54, 1.807) is 11.0 Å². The van der Waals surface area contributed by atoms with Gasteiger partial charge in [0.15, 0.2) is 0 Å². The van der Waals surface area contributed by atoms with Crippen LogP contribution in [0.2, 0.25) is 0 Å². The van der Waals surface area contributed by atoms with E-state index in [0.717, 1.165) is 30.6 Å². The summed E-state index contributed by atoms with van der Waals surface area (Å²) in [6, 6.07) is 8.14. The highest BCUT2D eigenvalue weighted by Crippen LogP contribution is 2.57. The fourth-order valence-electron chi connectivity index (χ4n) is 5.08. The van der Waals surface area contributed by atoms with E-state index in [-0.39, 0.29) is 17.9 Å². The first kappa shape index (κ1) is 16.3. The van der Waals surface area contributed by atoms with E-state index in [1.165, 1.54) is 0 Å². The number of anilines is 1. The molecule has 1 aromatic rings. The molecule has 25 heavy (non-hydrogen) atoms. The van der Waals surface area contributed by atoms with Crippen LogP contribution in [0.4, 0.5) is 5.69 Å². The largest absolute Gasteiger partial charge is 0.466 e. The van der Waals surface area contributed by atoms with Crippen LogP contribution >= 0.6 is 0 Å². The maximum absolute atomic E-state index is 13.7. The van der Waals surface area contributed by atoms with Crippen LogP contribution in [0.3, 0.4) is 0 Å². The van der Waals surface area contributed by atoms with Crippen molar-refractivity contribution in [2.24, 2.45) is 5.92 Å². The smallest absolute Gasteiger partial charge is 0.311 e. The summed E-state index contributed by atoms with van der Waals surface area (Å²) in [4.78, 5) is 30.5. The molecule has 4 rings (SSSR count). The van der Waals surface area contributed by atoms with Gasteiger partial charge in [-0.3, -0.25) is 14.5 Å². The number of carbonyl (C=O) groups excluding carboxylic acids is 2. The second-order valence-electron chi connectivity index (χ2n) is 7.02. The van der Waals surface area contributed by atoms with Gasteiger partial charge in [-0.15, -0.1) is 6.58 Å². The van der Waals surface area contributed by atoms with E-state index in [0.29, 0.717) is 19.6 Å². The van der Waals surface area contributed by atoms with E-state index in [4.69, 9.17) is 4.74 Å². The summed E-state index contributed by atoms with van der Waals surface area (Å²) in [6.45, 7) is 7.25. The molecule has 3 aliphatic rings. The minimum absolute atomic E-state index is 0.00365. The number of benzene rings is 1. The second-order valence-corrected chi connectivity index (χ2v) is 7.02. The molecule has 1 spiro atoms. The number of rotatable bonds is 4. The highest BCUT2D eigenvalue weighted by Gasteiger charge is 2.67. The number of hydrogen-bond donors (Lipinski definition) is 0. The summed E-state index contributed by atoms with van der Waals surface area (Å²) in [6.07, 6.45) is 4.54. The molecular formula is C20H24N2O3. The van der Waals surface area contributed by atoms with Gasteiger partial charge >= 0.3 is 5.97 Å². The molecule has 2 saturated heterocycles. The maximum atomic E-state index is 13.7. The molecule has 132 valence electrons. The molecule has 1 aromatic carbocycles. The van der Waals surface area contributed by atoms with Crippen molar-refractivity contribution in [1.82, 2.24) is 4.90 Å². The Bertz CT molecular complexity index is 731. The molecular weight excluding hydrogens is 316 g/mol. The molecule has 2 fully saturated rings. The Morgan fingerprint density at radius 3 is 3.00 bits per heavy atom.